The number of aryl methyl sites for hydroxylation is 1. The lowest BCUT2D eigenvalue weighted by Gasteiger charge is -2.35. The first kappa shape index (κ1) is 15.4. The second-order valence-corrected chi connectivity index (χ2v) is 5.06. The third kappa shape index (κ3) is 3.93. The minimum absolute atomic E-state index is 0. The molecule has 0 amide bonds. The van der Waals surface area contributed by atoms with E-state index in [1.807, 2.05) is 4.68 Å². The molecule has 1 N–H and O–H groups in total. The Balaban J connectivity index is 0.00000162. The topological polar surface area (TPSA) is 46.0 Å². The van der Waals surface area contributed by atoms with Gasteiger partial charge in [0, 0.05) is 31.7 Å². The zero-order valence-corrected chi connectivity index (χ0v) is 12.3. The van der Waals surface area contributed by atoms with Crippen molar-refractivity contribution in [3.63, 3.8) is 0 Å². The summed E-state index contributed by atoms with van der Waals surface area (Å²) in [5, 5.41) is 7.82. The number of hydrogen-bond acceptors (Lipinski definition) is 4. The molecule has 2 heterocycles. The fourth-order valence-electron chi connectivity index (χ4n) is 2.58. The van der Waals surface area contributed by atoms with Crippen LogP contribution in [0.15, 0.2) is 6.33 Å². The molecule has 0 spiro atoms. The van der Waals surface area contributed by atoms with Crippen LogP contribution in [0.3, 0.4) is 0 Å². The standard InChI is InChI=1S/C12H23N5.ClH/c1-4-5-17-12(13-9-14-17)8-16-6-10(2)15-11(3)7-16;/h9-11,15H,4-8H2,1-3H3;1H. The molecular formula is C12H24ClN5. The van der Waals surface area contributed by atoms with E-state index in [9.17, 15) is 0 Å². The molecule has 1 fully saturated rings. The van der Waals surface area contributed by atoms with Crippen molar-refractivity contribution in [1.29, 1.82) is 0 Å². The number of nitrogens with one attached hydrogen (secondary N) is 1. The van der Waals surface area contributed by atoms with Gasteiger partial charge in [0.15, 0.2) is 0 Å². The summed E-state index contributed by atoms with van der Waals surface area (Å²) in [6.45, 7) is 10.7. The van der Waals surface area contributed by atoms with E-state index in [0.717, 1.165) is 38.4 Å². The summed E-state index contributed by atoms with van der Waals surface area (Å²) >= 11 is 0. The van der Waals surface area contributed by atoms with E-state index >= 15 is 0 Å². The summed E-state index contributed by atoms with van der Waals surface area (Å²) in [4.78, 5) is 6.83. The predicted molar refractivity (Wildman–Crippen MR) is 74.9 cm³/mol. The lowest BCUT2D eigenvalue weighted by Crippen LogP contribution is -2.53. The van der Waals surface area contributed by atoms with Gasteiger partial charge in [0.05, 0.1) is 6.54 Å². The van der Waals surface area contributed by atoms with Crippen LogP contribution < -0.4 is 5.32 Å². The number of hydrogen-bond donors (Lipinski definition) is 1. The molecular weight excluding hydrogens is 250 g/mol. The van der Waals surface area contributed by atoms with Crippen molar-refractivity contribution in [2.75, 3.05) is 13.1 Å². The summed E-state index contributed by atoms with van der Waals surface area (Å²) in [5.41, 5.74) is 0. The normalized spacial score (nSPS) is 24.8. The van der Waals surface area contributed by atoms with Crippen LogP contribution >= 0.6 is 12.4 Å². The quantitative estimate of drug-likeness (QED) is 0.898. The lowest BCUT2D eigenvalue weighted by molar-refractivity contribution is 0.161. The van der Waals surface area contributed by atoms with Gasteiger partial charge in [-0.15, -0.1) is 12.4 Å². The van der Waals surface area contributed by atoms with Crippen molar-refractivity contribution < 1.29 is 0 Å². The maximum absolute atomic E-state index is 4.37. The third-order valence-electron chi connectivity index (χ3n) is 3.13. The lowest BCUT2D eigenvalue weighted by atomic mass is 10.1. The number of rotatable bonds is 4. The monoisotopic (exact) mass is 273 g/mol. The molecule has 0 saturated carbocycles. The van der Waals surface area contributed by atoms with E-state index in [4.69, 9.17) is 0 Å². The van der Waals surface area contributed by atoms with Crippen LogP contribution in [-0.4, -0.2) is 44.8 Å². The van der Waals surface area contributed by atoms with Crippen molar-refractivity contribution in [3.05, 3.63) is 12.2 Å². The smallest absolute Gasteiger partial charge is 0.141 e. The first-order chi connectivity index (χ1) is 8.19. The largest absolute Gasteiger partial charge is 0.309 e. The second-order valence-electron chi connectivity index (χ2n) is 5.06. The third-order valence-corrected chi connectivity index (χ3v) is 3.13. The summed E-state index contributed by atoms with van der Waals surface area (Å²) in [7, 11) is 0. The van der Waals surface area contributed by atoms with Gasteiger partial charge in [0.2, 0.25) is 0 Å². The Kier molecular flexibility index (Phi) is 6.05. The Morgan fingerprint density at radius 1 is 1.33 bits per heavy atom. The predicted octanol–water partition coefficient (Wildman–Crippen LogP) is 1.29. The van der Waals surface area contributed by atoms with E-state index in [1.54, 1.807) is 6.33 Å². The zero-order chi connectivity index (χ0) is 12.3. The minimum atomic E-state index is 0. The molecule has 2 unspecified atom stereocenters. The van der Waals surface area contributed by atoms with Crippen LogP contribution in [0.4, 0.5) is 0 Å². The molecule has 1 saturated heterocycles. The summed E-state index contributed by atoms with van der Waals surface area (Å²) in [6, 6.07) is 1.11. The second kappa shape index (κ2) is 7.07. The van der Waals surface area contributed by atoms with Gasteiger partial charge in [0.25, 0.3) is 0 Å². The van der Waals surface area contributed by atoms with Gasteiger partial charge in [-0.3, -0.25) is 4.90 Å². The molecule has 5 nitrogen and oxygen atoms in total. The summed E-state index contributed by atoms with van der Waals surface area (Å²) in [5.74, 6) is 1.09. The fourth-order valence-corrected chi connectivity index (χ4v) is 2.58. The number of nitrogens with zero attached hydrogens (tertiary/aromatic N) is 4. The van der Waals surface area contributed by atoms with Crippen molar-refractivity contribution in [1.82, 2.24) is 25.0 Å². The maximum Gasteiger partial charge on any atom is 0.141 e. The van der Waals surface area contributed by atoms with Gasteiger partial charge in [-0.25, -0.2) is 9.67 Å². The molecule has 0 bridgehead atoms. The van der Waals surface area contributed by atoms with Crippen molar-refractivity contribution in [2.24, 2.45) is 0 Å². The first-order valence-electron chi connectivity index (χ1n) is 6.54. The van der Waals surface area contributed by atoms with Crippen LogP contribution in [0.5, 0.6) is 0 Å². The molecule has 1 aromatic heterocycles. The number of aromatic nitrogens is 3. The van der Waals surface area contributed by atoms with E-state index in [2.05, 4.69) is 41.1 Å². The number of piperazine rings is 1. The highest BCUT2D eigenvalue weighted by Gasteiger charge is 2.22. The van der Waals surface area contributed by atoms with Crippen LogP contribution in [0.1, 0.15) is 33.0 Å². The SMILES string of the molecule is CCCn1ncnc1CN1CC(C)NC(C)C1.Cl. The molecule has 1 aliphatic rings. The van der Waals surface area contributed by atoms with Crippen LogP contribution in [-0.2, 0) is 13.1 Å². The van der Waals surface area contributed by atoms with E-state index in [-0.39, 0.29) is 12.4 Å². The molecule has 2 atom stereocenters. The highest BCUT2D eigenvalue weighted by molar-refractivity contribution is 5.85. The van der Waals surface area contributed by atoms with E-state index < -0.39 is 0 Å². The molecule has 1 aliphatic heterocycles. The Bertz CT molecular complexity index is 344. The van der Waals surface area contributed by atoms with Crippen LogP contribution in [0, 0.1) is 0 Å². The first-order valence-corrected chi connectivity index (χ1v) is 6.54. The Hall–Kier alpha value is -0.650. The fraction of sp³-hybridized carbons (Fsp3) is 0.833. The molecule has 0 aliphatic carbocycles. The van der Waals surface area contributed by atoms with Crippen molar-refractivity contribution in [3.8, 4) is 0 Å². The van der Waals surface area contributed by atoms with E-state index in [0.29, 0.717) is 12.1 Å². The molecule has 2 rings (SSSR count). The van der Waals surface area contributed by atoms with Gasteiger partial charge in [-0.2, -0.15) is 5.10 Å². The molecule has 1 aromatic rings. The minimum Gasteiger partial charge on any atom is -0.309 e. The molecule has 6 heteroatoms. The van der Waals surface area contributed by atoms with Gasteiger partial charge in [-0.05, 0) is 20.3 Å². The number of halogens is 1. The van der Waals surface area contributed by atoms with E-state index in [1.165, 1.54) is 0 Å². The summed E-state index contributed by atoms with van der Waals surface area (Å²) in [6.07, 6.45) is 2.77. The molecule has 0 radical (unpaired) electrons. The van der Waals surface area contributed by atoms with Crippen LogP contribution in [0.2, 0.25) is 0 Å². The molecule has 104 valence electrons. The van der Waals surface area contributed by atoms with Crippen molar-refractivity contribution >= 4 is 12.4 Å². The zero-order valence-electron chi connectivity index (χ0n) is 11.5. The van der Waals surface area contributed by atoms with Gasteiger partial charge in [0.1, 0.15) is 12.2 Å². The van der Waals surface area contributed by atoms with Gasteiger partial charge in [-0.1, -0.05) is 6.92 Å². The molecule has 0 aromatic carbocycles. The van der Waals surface area contributed by atoms with Gasteiger partial charge >= 0.3 is 0 Å². The van der Waals surface area contributed by atoms with Gasteiger partial charge < -0.3 is 5.32 Å². The van der Waals surface area contributed by atoms with Crippen LogP contribution in [0.25, 0.3) is 0 Å². The Morgan fingerprint density at radius 2 is 2.00 bits per heavy atom. The highest BCUT2D eigenvalue weighted by atomic mass is 35.5. The summed E-state index contributed by atoms with van der Waals surface area (Å²) < 4.78 is 2.03. The Labute approximate surface area is 115 Å². The Morgan fingerprint density at radius 3 is 2.61 bits per heavy atom. The van der Waals surface area contributed by atoms with Crippen molar-refractivity contribution in [2.45, 2.75) is 52.4 Å². The average Bonchev–Trinajstić information content (AvgIpc) is 2.65. The maximum atomic E-state index is 4.37. The highest BCUT2D eigenvalue weighted by Crippen LogP contribution is 2.08. The molecule has 18 heavy (non-hydrogen) atoms. The average molecular weight is 274 g/mol.